The summed E-state index contributed by atoms with van der Waals surface area (Å²) in [6, 6.07) is 15.7. The summed E-state index contributed by atoms with van der Waals surface area (Å²) in [7, 11) is 0. The van der Waals surface area contributed by atoms with E-state index in [1.54, 1.807) is 0 Å². The Kier molecular flexibility index (Phi) is 6.53. The largest absolute Gasteiger partial charge is 0.489 e. The highest BCUT2D eigenvalue weighted by atomic mass is 16.5. The number of hydrogen-bond donors (Lipinski definition) is 1. The minimum Gasteiger partial charge on any atom is -0.489 e. The molecule has 2 aromatic carbocycles. The van der Waals surface area contributed by atoms with Crippen molar-refractivity contribution in [2.75, 3.05) is 6.61 Å². The molecule has 1 fully saturated rings. The van der Waals surface area contributed by atoms with Gasteiger partial charge in [-0.25, -0.2) is 4.79 Å². The Hall–Kier alpha value is -2.49. The molecule has 4 heteroatoms. The first kappa shape index (κ1) is 18.3. The van der Waals surface area contributed by atoms with E-state index in [1.807, 2.05) is 48.5 Å². The second-order valence-electron chi connectivity index (χ2n) is 6.93. The summed E-state index contributed by atoms with van der Waals surface area (Å²) >= 11 is 0. The highest BCUT2D eigenvalue weighted by molar-refractivity contribution is 5.68. The lowest BCUT2D eigenvalue weighted by atomic mass is 9.84. The summed E-state index contributed by atoms with van der Waals surface area (Å²) in [6.07, 6.45) is 7.25. The molecule has 4 nitrogen and oxygen atoms in total. The van der Waals surface area contributed by atoms with Gasteiger partial charge in [0.15, 0.2) is 6.61 Å². The third kappa shape index (κ3) is 5.51. The predicted molar refractivity (Wildman–Crippen MR) is 101 cm³/mol. The van der Waals surface area contributed by atoms with E-state index in [4.69, 9.17) is 14.6 Å². The normalized spacial score (nSPS) is 14.8. The van der Waals surface area contributed by atoms with Gasteiger partial charge in [0, 0.05) is 0 Å². The van der Waals surface area contributed by atoms with Crippen LogP contribution in [0.2, 0.25) is 0 Å². The highest BCUT2D eigenvalue weighted by Gasteiger charge is 2.17. The molecular weight excluding hydrogens is 328 g/mol. The maximum absolute atomic E-state index is 10.9. The van der Waals surface area contributed by atoms with Gasteiger partial charge in [-0.1, -0.05) is 62.4 Å². The van der Waals surface area contributed by atoms with Crippen molar-refractivity contribution in [2.45, 2.75) is 45.1 Å². The van der Waals surface area contributed by atoms with Crippen molar-refractivity contribution in [3.8, 4) is 11.5 Å². The first-order valence-electron chi connectivity index (χ1n) is 9.35. The lowest BCUT2D eigenvalue weighted by Crippen LogP contribution is -2.13. The van der Waals surface area contributed by atoms with Crippen LogP contribution in [0.3, 0.4) is 0 Å². The second-order valence-corrected chi connectivity index (χ2v) is 6.93. The van der Waals surface area contributed by atoms with Crippen molar-refractivity contribution >= 4 is 5.97 Å². The fourth-order valence-corrected chi connectivity index (χ4v) is 3.53. The van der Waals surface area contributed by atoms with E-state index < -0.39 is 5.97 Å². The first-order chi connectivity index (χ1) is 12.7. The Labute approximate surface area is 154 Å². The maximum Gasteiger partial charge on any atom is 0.341 e. The summed E-state index contributed by atoms with van der Waals surface area (Å²) in [6.45, 7) is 0.195. The molecule has 1 saturated carbocycles. The molecule has 1 aliphatic carbocycles. The standard InChI is InChI=1S/C22H26O4/c23-22(24)16-26-21-12-11-20(25-15-18-9-5-2-6-10-18)14-19(21)13-17-7-3-1-4-8-17/h2,5-6,9-12,14,17H,1,3-4,7-8,13,15-16H2,(H,23,24). The second kappa shape index (κ2) is 9.27. The number of benzene rings is 2. The van der Waals surface area contributed by atoms with Gasteiger partial charge in [-0.15, -0.1) is 0 Å². The van der Waals surface area contributed by atoms with Crippen LogP contribution in [0.25, 0.3) is 0 Å². The first-order valence-corrected chi connectivity index (χ1v) is 9.35. The third-order valence-corrected chi connectivity index (χ3v) is 4.86. The lowest BCUT2D eigenvalue weighted by Gasteiger charge is -2.23. The summed E-state index contributed by atoms with van der Waals surface area (Å²) in [4.78, 5) is 10.9. The van der Waals surface area contributed by atoms with Crippen LogP contribution in [0.1, 0.15) is 43.2 Å². The van der Waals surface area contributed by atoms with E-state index in [1.165, 1.54) is 32.1 Å². The number of hydrogen-bond acceptors (Lipinski definition) is 3. The number of rotatable bonds is 8. The van der Waals surface area contributed by atoms with Crippen LogP contribution in [0.5, 0.6) is 11.5 Å². The smallest absolute Gasteiger partial charge is 0.341 e. The molecular formula is C22H26O4. The van der Waals surface area contributed by atoms with Gasteiger partial charge in [-0.2, -0.15) is 0 Å². The average molecular weight is 354 g/mol. The highest BCUT2D eigenvalue weighted by Crippen LogP contribution is 2.32. The molecule has 0 aliphatic heterocycles. The predicted octanol–water partition coefficient (Wildman–Crippen LogP) is 4.85. The molecule has 1 aliphatic rings. The molecule has 138 valence electrons. The van der Waals surface area contributed by atoms with Crippen LogP contribution in [0.4, 0.5) is 0 Å². The van der Waals surface area contributed by atoms with Crippen LogP contribution in [-0.2, 0) is 17.8 Å². The van der Waals surface area contributed by atoms with Crippen LogP contribution < -0.4 is 9.47 Å². The van der Waals surface area contributed by atoms with E-state index in [0.29, 0.717) is 18.3 Å². The Morgan fingerprint density at radius 1 is 1.00 bits per heavy atom. The number of carbonyl (C=O) groups is 1. The Morgan fingerprint density at radius 2 is 1.77 bits per heavy atom. The van der Waals surface area contributed by atoms with E-state index in [-0.39, 0.29) is 6.61 Å². The lowest BCUT2D eigenvalue weighted by molar-refractivity contribution is -0.139. The summed E-state index contributed by atoms with van der Waals surface area (Å²) in [5.41, 5.74) is 2.16. The zero-order chi connectivity index (χ0) is 18.2. The van der Waals surface area contributed by atoms with Crippen LogP contribution in [-0.4, -0.2) is 17.7 Å². The zero-order valence-electron chi connectivity index (χ0n) is 15.0. The quantitative estimate of drug-likeness (QED) is 0.736. The molecule has 0 radical (unpaired) electrons. The summed E-state index contributed by atoms with van der Waals surface area (Å²) in [5, 5.41) is 8.90. The molecule has 1 N–H and O–H groups in total. The number of aliphatic carboxylic acids is 1. The minimum atomic E-state index is -0.960. The van der Waals surface area contributed by atoms with Crippen LogP contribution >= 0.6 is 0 Å². The maximum atomic E-state index is 10.9. The molecule has 3 rings (SSSR count). The van der Waals surface area contributed by atoms with E-state index in [2.05, 4.69) is 0 Å². The molecule has 26 heavy (non-hydrogen) atoms. The minimum absolute atomic E-state index is 0.318. The van der Waals surface area contributed by atoms with Gasteiger partial charge in [-0.05, 0) is 41.7 Å². The molecule has 0 atom stereocenters. The van der Waals surface area contributed by atoms with Gasteiger partial charge in [0.1, 0.15) is 18.1 Å². The molecule has 0 heterocycles. The molecule has 0 amide bonds. The molecule has 0 bridgehead atoms. The van der Waals surface area contributed by atoms with Crippen LogP contribution in [0, 0.1) is 5.92 Å². The van der Waals surface area contributed by atoms with Gasteiger partial charge < -0.3 is 14.6 Å². The number of ether oxygens (including phenoxy) is 2. The zero-order valence-corrected chi connectivity index (χ0v) is 15.0. The van der Waals surface area contributed by atoms with Crippen molar-refractivity contribution in [2.24, 2.45) is 5.92 Å². The number of carboxylic acids is 1. The molecule has 0 spiro atoms. The molecule has 0 aromatic heterocycles. The molecule has 0 unspecified atom stereocenters. The van der Waals surface area contributed by atoms with Crippen LogP contribution in [0.15, 0.2) is 48.5 Å². The van der Waals surface area contributed by atoms with E-state index >= 15 is 0 Å². The Bertz CT molecular complexity index is 705. The fraction of sp³-hybridized carbons (Fsp3) is 0.409. The third-order valence-electron chi connectivity index (χ3n) is 4.86. The van der Waals surface area contributed by atoms with Gasteiger partial charge >= 0.3 is 5.97 Å². The molecule has 0 saturated heterocycles. The Morgan fingerprint density at radius 3 is 2.50 bits per heavy atom. The van der Waals surface area contributed by atoms with Gasteiger partial charge in [0.2, 0.25) is 0 Å². The van der Waals surface area contributed by atoms with Crippen molar-refractivity contribution in [3.63, 3.8) is 0 Å². The topological polar surface area (TPSA) is 55.8 Å². The SMILES string of the molecule is O=C(O)COc1ccc(OCc2ccccc2)cc1CC1CCCCC1. The summed E-state index contributed by atoms with van der Waals surface area (Å²) in [5.74, 6) is 1.13. The monoisotopic (exact) mass is 354 g/mol. The summed E-state index contributed by atoms with van der Waals surface area (Å²) < 4.78 is 11.4. The van der Waals surface area contributed by atoms with E-state index in [9.17, 15) is 4.79 Å². The fourth-order valence-electron chi connectivity index (χ4n) is 3.53. The van der Waals surface area contributed by atoms with Crippen molar-refractivity contribution < 1.29 is 19.4 Å². The van der Waals surface area contributed by atoms with Gasteiger partial charge in [0.05, 0.1) is 0 Å². The van der Waals surface area contributed by atoms with E-state index in [0.717, 1.165) is 23.3 Å². The Balaban J connectivity index is 1.71. The number of carboxylic acid groups (broad SMARTS) is 1. The van der Waals surface area contributed by atoms with Crippen molar-refractivity contribution in [3.05, 3.63) is 59.7 Å². The van der Waals surface area contributed by atoms with Crippen molar-refractivity contribution in [1.82, 2.24) is 0 Å². The average Bonchev–Trinajstić information content (AvgIpc) is 2.67. The van der Waals surface area contributed by atoms with Crippen molar-refractivity contribution in [1.29, 1.82) is 0 Å². The van der Waals surface area contributed by atoms with Gasteiger partial charge in [0.25, 0.3) is 0 Å². The molecule has 2 aromatic rings. The van der Waals surface area contributed by atoms with Gasteiger partial charge in [-0.3, -0.25) is 0 Å².